The van der Waals surface area contributed by atoms with Gasteiger partial charge in [0.2, 0.25) is 5.91 Å². The van der Waals surface area contributed by atoms with E-state index in [9.17, 15) is 35.9 Å². The van der Waals surface area contributed by atoms with Gasteiger partial charge in [0.1, 0.15) is 6.54 Å². The predicted octanol–water partition coefficient (Wildman–Crippen LogP) is 6.86. The molecule has 1 heterocycles. The highest BCUT2D eigenvalue weighted by molar-refractivity contribution is 7.10. The van der Waals surface area contributed by atoms with E-state index in [0.717, 1.165) is 20.9 Å². The Kier molecular flexibility index (Phi) is 12.1. The maximum atomic E-state index is 13.7. The Labute approximate surface area is 260 Å². The van der Waals surface area contributed by atoms with Crippen LogP contribution in [0.5, 0.6) is 11.5 Å². The first kappa shape index (κ1) is 35.5. The van der Waals surface area contributed by atoms with E-state index in [2.05, 4.69) is 5.32 Å². The summed E-state index contributed by atoms with van der Waals surface area (Å²) in [5.74, 6) is 0.550. The smallest absolute Gasteiger partial charge is 0.416 e. The summed E-state index contributed by atoms with van der Waals surface area (Å²) in [6.45, 7) is 1.61. The van der Waals surface area contributed by atoms with Gasteiger partial charge in [0.25, 0.3) is 0 Å². The van der Waals surface area contributed by atoms with Crippen molar-refractivity contribution in [3.63, 3.8) is 0 Å². The first-order chi connectivity index (χ1) is 21.2. The molecule has 0 atom stereocenters. The largest absolute Gasteiger partial charge is 0.493 e. The number of benzene rings is 2. The summed E-state index contributed by atoms with van der Waals surface area (Å²) in [6.07, 6.45) is -9.78. The lowest BCUT2D eigenvalue weighted by Gasteiger charge is -2.28. The van der Waals surface area contributed by atoms with E-state index in [0.29, 0.717) is 30.1 Å². The van der Waals surface area contributed by atoms with Crippen LogP contribution in [0.15, 0.2) is 47.8 Å². The number of nitrogens with zero attached hydrogens (tertiary/aromatic N) is 2. The molecule has 0 unspecified atom stereocenters. The molecule has 0 aliphatic carbocycles. The molecule has 0 fully saturated rings. The summed E-state index contributed by atoms with van der Waals surface area (Å²) in [5.41, 5.74) is -2.09. The van der Waals surface area contributed by atoms with Gasteiger partial charge in [-0.25, -0.2) is 4.79 Å². The van der Waals surface area contributed by atoms with Crippen LogP contribution in [-0.2, 0) is 34.8 Å². The second-order valence-corrected chi connectivity index (χ2v) is 10.9. The SMILES string of the molecule is COCCN(CC(=O)N(CCc1ccc(OC)c(OC)c1)Cc1sccc1C)C(=O)Nc1cc(C(F)(F)F)cc(C(F)(F)F)c1. The van der Waals surface area contributed by atoms with Crippen molar-refractivity contribution < 1.29 is 50.1 Å². The Morgan fingerprint density at radius 3 is 2.02 bits per heavy atom. The number of anilines is 1. The van der Waals surface area contributed by atoms with Crippen LogP contribution < -0.4 is 14.8 Å². The second kappa shape index (κ2) is 15.3. The van der Waals surface area contributed by atoms with Crippen LogP contribution in [0.25, 0.3) is 0 Å². The topological polar surface area (TPSA) is 80.3 Å². The fourth-order valence-corrected chi connectivity index (χ4v) is 5.20. The number of aryl methyl sites for hydroxylation is 1. The number of hydrogen-bond acceptors (Lipinski definition) is 6. The fourth-order valence-electron chi connectivity index (χ4n) is 4.28. The highest BCUT2D eigenvalue weighted by Crippen LogP contribution is 2.37. The maximum Gasteiger partial charge on any atom is 0.416 e. The van der Waals surface area contributed by atoms with E-state index in [1.165, 1.54) is 37.6 Å². The molecule has 0 radical (unpaired) electrons. The van der Waals surface area contributed by atoms with E-state index in [4.69, 9.17) is 14.2 Å². The van der Waals surface area contributed by atoms with E-state index < -0.39 is 47.6 Å². The Morgan fingerprint density at radius 1 is 0.844 bits per heavy atom. The van der Waals surface area contributed by atoms with Gasteiger partial charge in [-0.2, -0.15) is 26.3 Å². The number of alkyl halides is 6. The number of methoxy groups -OCH3 is 3. The third kappa shape index (κ3) is 10.0. The molecule has 2 aromatic carbocycles. The number of carbonyl (C=O) groups excluding carboxylic acids is 2. The summed E-state index contributed by atoms with van der Waals surface area (Å²) < 4.78 is 95.8. The van der Waals surface area contributed by atoms with Crippen LogP contribution >= 0.6 is 11.3 Å². The first-order valence-electron chi connectivity index (χ1n) is 13.5. The second-order valence-electron chi connectivity index (χ2n) is 9.92. The summed E-state index contributed by atoms with van der Waals surface area (Å²) in [4.78, 5) is 30.3. The molecule has 8 nitrogen and oxygen atoms in total. The van der Waals surface area contributed by atoms with Gasteiger partial charge in [-0.1, -0.05) is 6.07 Å². The molecular weight excluding hydrogens is 628 g/mol. The molecule has 0 aliphatic heterocycles. The van der Waals surface area contributed by atoms with Crippen molar-refractivity contribution >= 4 is 29.0 Å². The van der Waals surface area contributed by atoms with Crippen LogP contribution in [0.3, 0.4) is 0 Å². The number of carbonyl (C=O) groups is 2. The number of halogens is 6. The van der Waals surface area contributed by atoms with Crippen molar-refractivity contribution in [3.8, 4) is 11.5 Å². The third-order valence-electron chi connectivity index (χ3n) is 6.79. The zero-order valence-electron chi connectivity index (χ0n) is 25.0. The normalized spacial score (nSPS) is 11.7. The molecule has 0 saturated carbocycles. The molecule has 1 aromatic heterocycles. The summed E-state index contributed by atoms with van der Waals surface area (Å²) >= 11 is 1.45. The van der Waals surface area contributed by atoms with Crippen molar-refractivity contribution in [1.29, 1.82) is 0 Å². The Balaban J connectivity index is 1.85. The van der Waals surface area contributed by atoms with E-state index in [-0.39, 0.29) is 32.3 Å². The average molecular weight is 662 g/mol. The number of hydrogen-bond donors (Lipinski definition) is 1. The first-order valence-corrected chi connectivity index (χ1v) is 14.4. The zero-order chi connectivity index (χ0) is 33.4. The van der Waals surface area contributed by atoms with Gasteiger partial charge in [-0.05, 0) is 66.2 Å². The number of nitrogens with one attached hydrogen (secondary N) is 1. The number of urea groups is 1. The monoisotopic (exact) mass is 661 g/mol. The quantitative estimate of drug-likeness (QED) is 0.203. The van der Waals surface area contributed by atoms with Crippen LogP contribution in [0.2, 0.25) is 0 Å². The molecule has 0 aliphatic rings. The van der Waals surface area contributed by atoms with E-state index >= 15 is 0 Å². The Morgan fingerprint density at radius 2 is 1.49 bits per heavy atom. The van der Waals surface area contributed by atoms with Crippen LogP contribution in [0.4, 0.5) is 36.8 Å². The van der Waals surface area contributed by atoms with Crippen LogP contribution in [0, 0.1) is 6.92 Å². The van der Waals surface area contributed by atoms with Crippen molar-refractivity contribution in [3.05, 3.63) is 75.0 Å². The van der Waals surface area contributed by atoms with E-state index in [1.807, 2.05) is 24.4 Å². The molecule has 15 heteroatoms. The van der Waals surface area contributed by atoms with E-state index in [1.54, 1.807) is 12.1 Å². The molecule has 3 aromatic rings. The lowest BCUT2D eigenvalue weighted by atomic mass is 10.1. The van der Waals surface area contributed by atoms with Crippen molar-refractivity contribution in [2.24, 2.45) is 0 Å². The lowest BCUT2D eigenvalue weighted by Crippen LogP contribution is -2.46. The van der Waals surface area contributed by atoms with Gasteiger partial charge in [-0.3, -0.25) is 4.79 Å². The van der Waals surface area contributed by atoms with Crippen LogP contribution in [-0.4, -0.2) is 69.3 Å². The van der Waals surface area contributed by atoms with Crippen LogP contribution in [0.1, 0.15) is 27.1 Å². The molecule has 0 spiro atoms. The van der Waals surface area contributed by atoms with Gasteiger partial charge < -0.3 is 29.3 Å². The minimum absolute atomic E-state index is 0.0370. The number of ether oxygens (including phenoxy) is 3. The summed E-state index contributed by atoms with van der Waals surface area (Å²) in [7, 11) is 4.35. The minimum atomic E-state index is -5.10. The molecule has 3 amide bonds. The van der Waals surface area contributed by atoms with Gasteiger partial charge in [0.15, 0.2) is 11.5 Å². The highest BCUT2D eigenvalue weighted by Gasteiger charge is 2.37. The van der Waals surface area contributed by atoms with Crippen molar-refractivity contribution in [2.75, 3.05) is 52.9 Å². The molecule has 3 rings (SSSR count). The summed E-state index contributed by atoms with van der Waals surface area (Å²) in [5, 5.41) is 3.97. The minimum Gasteiger partial charge on any atom is -0.493 e. The molecule has 246 valence electrons. The number of thiophene rings is 1. The standard InChI is InChI=1S/C30H33F6N3O5S/c1-19-8-12-45-26(19)17-38(9-7-20-5-6-24(43-3)25(13-20)44-4)27(40)18-39(10-11-42-2)28(41)37-23-15-21(29(31,32)33)14-22(16-23)30(34,35)36/h5-6,8,12-16H,7,9-11,17-18H2,1-4H3,(H,37,41). The molecule has 0 bridgehead atoms. The number of rotatable bonds is 13. The highest BCUT2D eigenvalue weighted by atomic mass is 32.1. The Hall–Kier alpha value is -3.98. The van der Waals surface area contributed by atoms with Gasteiger partial charge >= 0.3 is 18.4 Å². The van der Waals surface area contributed by atoms with Gasteiger partial charge in [-0.15, -0.1) is 11.3 Å². The van der Waals surface area contributed by atoms with Gasteiger partial charge in [0, 0.05) is 30.8 Å². The zero-order valence-corrected chi connectivity index (χ0v) is 25.8. The predicted molar refractivity (Wildman–Crippen MR) is 157 cm³/mol. The average Bonchev–Trinajstić information content (AvgIpc) is 3.39. The summed E-state index contributed by atoms with van der Waals surface area (Å²) in [6, 6.07) is 6.93. The molecular formula is C30H33F6N3O5S. The molecule has 0 saturated heterocycles. The fraction of sp³-hybridized carbons (Fsp3) is 0.400. The maximum absolute atomic E-state index is 13.7. The van der Waals surface area contributed by atoms with Crippen molar-refractivity contribution in [2.45, 2.75) is 32.2 Å². The third-order valence-corrected chi connectivity index (χ3v) is 7.80. The Bertz CT molecular complexity index is 1430. The number of amides is 3. The van der Waals surface area contributed by atoms with Gasteiger partial charge in [0.05, 0.1) is 38.5 Å². The molecule has 45 heavy (non-hydrogen) atoms. The lowest BCUT2D eigenvalue weighted by molar-refractivity contribution is -0.143. The molecule has 1 N–H and O–H groups in total. The van der Waals surface area contributed by atoms with Crippen molar-refractivity contribution in [1.82, 2.24) is 9.80 Å².